The van der Waals surface area contributed by atoms with E-state index in [1.165, 1.54) is 30.3 Å². The highest BCUT2D eigenvalue weighted by Gasteiger charge is 2.18. The van der Waals surface area contributed by atoms with Gasteiger partial charge in [-0.05, 0) is 13.1 Å². The molecule has 0 unspecified atom stereocenters. The van der Waals surface area contributed by atoms with Gasteiger partial charge in [0.15, 0.2) is 0 Å². The highest BCUT2D eigenvalue weighted by Crippen LogP contribution is 2.22. The molecule has 0 radical (unpaired) electrons. The lowest BCUT2D eigenvalue weighted by molar-refractivity contribution is -0.385. The molecule has 2 aromatic rings. The van der Waals surface area contributed by atoms with Gasteiger partial charge in [-0.2, -0.15) is 5.10 Å². The lowest BCUT2D eigenvalue weighted by Gasteiger charge is -1.93. The maximum Gasteiger partial charge on any atom is 0.334 e. The predicted molar refractivity (Wildman–Crippen MR) is 52.6 cm³/mol. The first-order chi connectivity index (χ1) is 7.29. The van der Waals surface area contributed by atoms with Gasteiger partial charge in [-0.1, -0.05) is 0 Å². The van der Waals surface area contributed by atoms with Crippen molar-refractivity contribution in [1.29, 1.82) is 0 Å². The van der Waals surface area contributed by atoms with Crippen molar-refractivity contribution in [1.82, 2.24) is 9.78 Å². The Balaban J connectivity index is 0.000000531. The van der Waals surface area contributed by atoms with Crippen LogP contribution in [0.3, 0.4) is 0 Å². The van der Waals surface area contributed by atoms with Gasteiger partial charge in [-0.3, -0.25) is 10.1 Å². The van der Waals surface area contributed by atoms with Crippen molar-refractivity contribution in [2.45, 2.75) is 0 Å². The SMILES string of the molecule is CN.O=[N+]([O-])c1ccoc1-n1cccn1. The minimum absolute atomic E-state index is 0.0938. The highest BCUT2D eigenvalue weighted by atomic mass is 16.6. The molecule has 0 fully saturated rings. The molecule has 0 aliphatic carbocycles. The molecule has 2 heterocycles. The van der Waals surface area contributed by atoms with E-state index < -0.39 is 4.92 Å². The fraction of sp³-hybridized carbons (Fsp3) is 0.125. The molecule has 7 heteroatoms. The van der Waals surface area contributed by atoms with Crippen molar-refractivity contribution < 1.29 is 9.34 Å². The fourth-order valence-electron chi connectivity index (χ4n) is 0.994. The smallest absolute Gasteiger partial charge is 0.334 e. The third-order valence-electron chi connectivity index (χ3n) is 1.53. The molecule has 0 spiro atoms. The van der Waals surface area contributed by atoms with E-state index in [1.807, 2.05) is 0 Å². The average Bonchev–Trinajstić information content (AvgIpc) is 2.91. The summed E-state index contributed by atoms with van der Waals surface area (Å²) < 4.78 is 6.23. The Labute approximate surface area is 85.3 Å². The molecule has 0 aliphatic heterocycles. The quantitative estimate of drug-likeness (QED) is 0.587. The molecule has 0 atom stereocenters. The Kier molecular flexibility index (Phi) is 3.58. The topological polar surface area (TPSA) is 100 Å². The summed E-state index contributed by atoms with van der Waals surface area (Å²) >= 11 is 0. The summed E-state index contributed by atoms with van der Waals surface area (Å²) in [5.74, 6) is 0.120. The summed E-state index contributed by atoms with van der Waals surface area (Å²) in [6.45, 7) is 0. The van der Waals surface area contributed by atoms with E-state index in [0.717, 1.165) is 0 Å². The van der Waals surface area contributed by atoms with E-state index in [9.17, 15) is 10.1 Å². The number of aromatic nitrogens is 2. The van der Waals surface area contributed by atoms with Crippen LogP contribution in [-0.2, 0) is 0 Å². The molecule has 80 valence electrons. The summed E-state index contributed by atoms with van der Waals surface area (Å²) in [5.41, 5.74) is 4.41. The van der Waals surface area contributed by atoms with Crippen molar-refractivity contribution in [3.8, 4) is 5.88 Å². The molecule has 15 heavy (non-hydrogen) atoms. The molecule has 2 N–H and O–H groups in total. The minimum atomic E-state index is -0.513. The Bertz CT molecular complexity index is 421. The van der Waals surface area contributed by atoms with Crippen LogP contribution in [0.15, 0.2) is 35.2 Å². The number of hydrogen-bond acceptors (Lipinski definition) is 5. The normalized spacial score (nSPS) is 9.20. The zero-order chi connectivity index (χ0) is 11.3. The molecular formula is C8H10N4O3. The first kappa shape index (κ1) is 10.9. The Morgan fingerprint density at radius 1 is 1.60 bits per heavy atom. The standard InChI is InChI=1S/C7H5N3O3.CH5N/c11-10(12)6-2-5-13-7(6)9-4-1-3-8-9;1-2/h1-5H;2H2,1H3. The second-order valence-electron chi connectivity index (χ2n) is 2.32. The molecule has 0 saturated heterocycles. The predicted octanol–water partition coefficient (Wildman–Crippen LogP) is 0.948. The van der Waals surface area contributed by atoms with E-state index in [0.29, 0.717) is 0 Å². The summed E-state index contributed by atoms with van der Waals surface area (Å²) in [6, 6.07) is 2.95. The summed E-state index contributed by atoms with van der Waals surface area (Å²) in [5, 5.41) is 14.3. The summed E-state index contributed by atoms with van der Waals surface area (Å²) in [6.07, 6.45) is 4.35. The average molecular weight is 210 g/mol. The van der Waals surface area contributed by atoms with Crippen LogP contribution >= 0.6 is 0 Å². The first-order valence-electron chi connectivity index (χ1n) is 4.08. The van der Waals surface area contributed by atoms with Gasteiger partial charge in [0, 0.05) is 12.4 Å². The number of furan rings is 1. The third kappa shape index (κ3) is 2.20. The van der Waals surface area contributed by atoms with E-state index in [2.05, 4.69) is 10.8 Å². The molecule has 0 amide bonds. The lowest BCUT2D eigenvalue weighted by atomic mass is 10.5. The van der Waals surface area contributed by atoms with Gasteiger partial charge in [0.1, 0.15) is 6.26 Å². The molecule has 0 aliphatic rings. The van der Waals surface area contributed by atoms with Crippen molar-refractivity contribution in [3.63, 3.8) is 0 Å². The van der Waals surface area contributed by atoms with Crippen LogP contribution < -0.4 is 5.73 Å². The highest BCUT2D eigenvalue weighted by molar-refractivity contribution is 5.43. The number of hydrogen-bond donors (Lipinski definition) is 1. The van der Waals surface area contributed by atoms with Gasteiger partial charge in [-0.25, -0.2) is 4.68 Å². The van der Waals surface area contributed by atoms with Crippen molar-refractivity contribution in [2.75, 3.05) is 7.05 Å². The number of nitro groups is 1. The third-order valence-corrected chi connectivity index (χ3v) is 1.53. The molecule has 2 rings (SSSR count). The van der Waals surface area contributed by atoms with Crippen LogP contribution in [0, 0.1) is 10.1 Å². The number of rotatable bonds is 2. The molecule has 7 nitrogen and oxygen atoms in total. The van der Waals surface area contributed by atoms with Gasteiger partial charge >= 0.3 is 5.69 Å². The first-order valence-corrected chi connectivity index (χ1v) is 4.08. The number of nitrogens with two attached hydrogens (primary N) is 1. The maximum absolute atomic E-state index is 10.5. The Hall–Kier alpha value is -2.15. The second kappa shape index (κ2) is 4.91. The van der Waals surface area contributed by atoms with Crippen LogP contribution in [-0.4, -0.2) is 21.8 Å². The van der Waals surface area contributed by atoms with Gasteiger partial charge in [0.2, 0.25) is 0 Å². The number of nitrogens with zero attached hydrogens (tertiary/aromatic N) is 3. The molecule has 0 bridgehead atoms. The second-order valence-corrected chi connectivity index (χ2v) is 2.32. The maximum atomic E-state index is 10.5. The van der Waals surface area contributed by atoms with Gasteiger partial charge in [-0.15, -0.1) is 0 Å². The lowest BCUT2D eigenvalue weighted by Crippen LogP contribution is -1.96. The fourth-order valence-corrected chi connectivity index (χ4v) is 0.994. The zero-order valence-corrected chi connectivity index (χ0v) is 8.03. The Morgan fingerprint density at radius 2 is 2.33 bits per heavy atom. The van der Waals surface area contributed by atoms with E-state index in [1.54, 1.807) is 12.3 Å². The zero-order valence-electron chi connectivity index (χ0n) is 8.03. The van der Waals surface area contributed by atoms with Crippen molar-refractivity contribution in [3.05, 3.63) is 40.9 Å². The minimum Gasteiger partial charge on any atom is -0.441 e. The van der Waals surface area contributed by atoms with Gasteiger partial charge in [0.25, 0.3) is 5.88 Å². The van der Waals surface area contributed by atoms with Crippen LogP contribution in [0.4, 0.5) is 5.69 Å². The van der Waals surface area contributed by atoms with E-state index in [4.69, 9.17) is 4.42 Å². The molecular weight excluding hydrogens is 200 g/mol. The monoisotopic (exact) mass is 210 g/mol. The molecule has 2 aromatic heterocycles. The molecule has 0 aromatic carbocycles. The van der Waals surface area contributed by atoms with Crippen LogP contribution in [0.5, 0.6) is 0 Å². The van der Waals surface area contributed by atoms with E-state index in [-0.39, 0.29) is 11.6 Å². The summed E-state index contributed by atoms with van der Waals surface area (Å²) in [4.78, 5) is 9.97. The van der Waals surface area contributed by atoms with E-state index >= 15 is 0 Å². The van der Waals surface area contributed by atoms with Crippen LogP contribution in [0.25, 0.3) is 5.88 Å². The summed E-state index contributed by atoms with van der Waals surface area (Å²) in [7, 11) is 1.50. The Morgan fingerprint density at radius 3 is 2.87 bits per heavy atom. The van der Waals surface area contributed by atoms with Gasteiger partial charge in [0.05, 0.1) is 11.0 Å². The van der Waals surface area contributed by atoms with Crippen LogP contribution in [0.2, 0.25) is 0 Å². The van der Waals surface area contributed by atoms with Crippen molar-refractivity contribution in [2.24, 2.45) is 5.73 Å². The molecule has 0 saturated carbocycles. The van der Waals surface area contributed by atoms with Gasteiger partial charge < -0.3 is 10.2 Å². The van der Waals surface area contributed by atoms with Crippen molar-refractivity contribution >= 4 is 5.69 Å². The van der Waals surface area contributed by atoms with Crippen LogP contribution in [0.1, 0.15) is 0 Å². The largest absolute Gasteiger partial charge is 0.441 e.